The first kappa shape index (κ1) is 16.1. The van der Waals surface area contributed by atoms with Crippen molar-refractivity contribution >= 4 is 50.7 Å². The normalized spacial score (nSPS) is 11.8. The van der Waals surface area contributed by atoms with Gasteiger partial charge in [-0.15, -0.1) is 0 Å². The van der Waals surface area contributed by atoms with Gasteiger partial charge in [-0.3, -0.25) is 4.79 Å². The molecule has 0 bridgehead atoms. The Kier molecular flexibility index (Phi) is 5.51. The predicted octanol–water partition coefficient (Wildman–Crippen LogP) is 5.16. The topological polar surface area (TPSA) is 38.3 Å². The number of rotatable bonds is 4. The lowest BCUT2D eigenvalue weighted by Gasteiger charge is -2.15. The van der Waals surface area contributed by atoms with Crippen LogP contribution in [-0.2, 0) is 4.79 Å². The van der Waals surface area contributed by atoms with Crippen molar-refractivity contribution < 1.29 is 9.53 Å². The number of carbonyl (C=O) groups is 1. The Morgan fingerprint density at radius 3 is 2.52 bits per heavy atom. The van der Waals surface area contributed by atoms with E-state index in [9.17, 15) is 4.79 Å². The molecule has 0 radical (unpaired) electrons. The SMILES string of the molecule is CC(Oc1ccc(Br)cc1)C(=O)Nc1cc(Cl)ccc1Cl. The number of carbonyl (C=O) groups excluding carboxylic acids is 1. The summed E-state index contributed by atoms with van der Waals surface area (Å²) in [4.78, 5) is 12.1. The van der Waals surface area contributed by atoms with E-state index in [1.165, 1.54) is 0 Å². The summed E-state index contributed by atoms with van der Waals surface area (Å²) in [6.07, 6.45) is -0.666. The molecular formula is C15H12BrCl2NO2. The van der Waals surface area contributed by atoms with Crippen molar-refractivity contribution in [2.24, 2.45) is 0 Å². The van der Waals surface area contributed by atoms with Gasteiger partial charge in [-0.2, -0.15) is 0 Å². The van der Waals surface area contributed by atoms with E-state index in [4.69, 9.17) is 27.9 Å². The van der Waals surface area contributed by atoms with Crippen molar-refractivity contribution in [3.8, 4) is 5.75 Å². The molecule has 0 aliphatic heterocycles. The van der Waals surface area contributed by atoms with E-state index in [0.717, 1.165) is 4.47 Å². The van der Waals surface area contributed by atoms with Gasteiger partial charge in [-0.05, 0) is 49.4 Å². The maximum atomic E-state index is 12.1. The molecule has 1 amide bonds. The highest BCUT2D eigenvalue weighted by atomic mass is 79.9. The summed E-state index contributed by atoms with van der Waals surface area (Å²) in [5.74, 6) is 0.306. The minimum absolute atomic E-state index is 0.304. The van der Waals surface area contributed by atoms with Crippen LogP contribution >= 0.6 is 39.1 Å². The number of ether oxygens (including phenoxy) is 1. The number of anilines is 1. The smallest absolute Gasteiger partial charge is 0.265 e. The van der Waals surface area contributed by atoms with E-state index in [-0.39, 0.29) is 5.91 Å². The van der Waals surface area contributed by atoms with Gasteiger partial charge in [-0.25, -0.2) is 0 Å². The highest BCUT2D eigenvalue weighted by Crippen LogP contribution is 2.26. The maximum absolute atomic E-state index is 12.1. The van der Waals surface area contributed by atoms with E-state index in [1.54, 1.807) is 37.3 Å². The highest BCUT2D eigenvalue weighted by molar-refractivity contribution is 9.10. The van der Waals surface area contributed by atoms with Gasteiger partial charge in [0.1, 0.15) is 5.75 Å². The van der Waals surface area contributed by atoms with E-state index < -0.39 is 6.10 Å². The Bertz CT molecular complexity index is 647. The number of nitrogens with one attached hydrogen (secondary N) is 1. The third-order valence-corrected chi connectivity index (χ3v) is 3.78. The fraction of sp³-hybridized carbons (Fsp3) is 0.133. The molecule has 0 heterocycles. The molecule has 2 rings (SSSR count). The van der Waals surface area contributed by atoms with Gasteiger partial charge in [-0.1, -0.05) is 39.1 Å². The molecule has 0 aliphatic rings. The molecule has 2 aromatic rings. The molecule has 21 heavy (non-hydrogen) atoms. The Morgan fingerprint density at radius 2 is 1.86 bits per heavy atom. The zero-order valence-corrected chi connectivity index (χ0v) is 14.2. The third-order valence-electron chi connectivity index (χ3n) is 2.68. The van der Waals surface area contributed by atoms with Crippen LogP contribution in [0.3, 0.4) is 0 Å². The van der Waals surface area contributed by atoms with Gasteiger partial charge in [0.15, 0.2) is 6.10 Å². The summed E-state index contributed by atoms with van der Waals surface area (Å²) in [6, 6.07) is 12.1. The van der Waals surface area contributed by atoms with Crippen LogP contribution in [-0.4, -0.2) is 12.0 Å². The van der Waals surface area contributed by atoms with Gasteiger partial charge >= 0.3 is 0 Å². The fourth-order valence-corrected chi connectivity index (χ4v) is 2.20. The molecule has 0 aromatic heterocycles. The van der Waals surface area contributed by atoms with Crippen LogP contribution in [0.1, 0.15) is 6.92 Å². The monoisotopic (exact) mass is 387 g/mol. The molecule has 1 N–H and O–H groups in total. The van der Waals surface area contributed by atoms with Gasteiger partial charge in [0, 0.05) is 9.50 Å². The Balaban J connectivity index is 2.02. The van der Waals surface area contributed by atoms with Gasteiger partial charge in [0.25, 0.3) is 5.91 Å². The van der Waals surface area contributed by atoms with Crippen molar-refractivity contribution in [1.29, 1.82) is 0 Å². The summed E-state index contributed by atoms with van der Waals surface area (Å²) in [5.41, 5.74) is 0.459. The number of benzene rings is 2. The van der Waals surface area contributed by atoms with Crippen molar-refractivity contribution in [3.05, 3.63) is 57.0 Å². The standard InChI is InChI=1S/C15H12BrCl2NO2/c1-9(21-12-5-2-10(16)3-6-12)15(20)19-14-8-11(17)4-7-13(14)18/h2-9H,1H3,(H,19,20). The summed E-state index contributed by atoms with van der Waals surface area (Å²) in [7, 11) is 0. The van der Waals surface area contributed by atoms with Crippen LogP contribution in [0.4, 0.5) is 5.69 Å². The molecule has 1 atom stereocenters. The van der Waals surface area contributed by atoms with Crippen molar-refractivity contribution in [2.75, 3.05) is 5.32 Å². The minimum Gasteiger partial charge on any atom is -0.481 e. The molecule has 3 nitrogen and oxygen atoms in total. The van der Waals surface area contributed by atoms with E-state index in [2.05, 4.69) is 21.2 Å². The van der Waals surface area contributed by atoms with Gasteiger partial charge < -0.3 is 10.1 Å². The lowest BCUT2D eigenvalue weighted by atomic mass is 10.3. The first-order chi connectivity index (χ1) is 9.95. The lowest BCUT2D eigenvalue weighted by molar-refractivity contribution is -0.122. The van der Waals surface area contributed by atoms with E-state index in [1.807, 2.05) is 12.1 Å². The molecule has 0 saturated heterocycles. The minimum atomic E-state index is -0.666. The van der Waals surface area contributed by atoms with Crippen LogP contribution < -0.4 is 10.1 Å². The second kappa shape index (κ2) is 7.16. The first-order valence-electron chi connectivity index (χ1n) is 6.14. The summed E-state index contributed by atoms with van der Waals surface area (Å²) in [5, 5.41) is 3.61. The average molecular weight is 389 g/mol. The van der Waals surface area contributed by atoms with Gasteiger partial charge in [0.2, 0.25) is 0 Å². The second-order valence-corrected chi connectivity index (χ2v) is 6.09. The fourth-order valence-electron chi connectivity index (χ4n) is 1.60. The number of amides is 1. The molecule has 0 fully saturated rings. The number of hydrogen-bond acceptors (Lipinski definition) is 2. The summed E-state index contributed by atoms with van der Waals surface area (Å²) < 4.78 is 6.51. The third kappa shape index (κ3) is 4.63. The molecule has 0 saturated carbocycles. The maximum Gasteiger partial charge on any atom is 0.265 e. The van der Waals surface area contributed by atoms with Crippen LogP contribution in [0, 0.1) is 0 Å². The van der Waals surface area contributed by atoms with Crippen LogP contribution in [0.2, 0.25) is 10.0 Å². The molecule has 2 aromatic carbocycles. The lowest BCUT2D eigenvalue weighted by Crippen LogP contribution is -2.30. The van der Waals surface area contributed by atoms with E-state index >= 15 is 0 Å². The Labute approximate surface area is 141 Å². The Morgan fingerprint density at radius 1 is 1.19 bits per heavy atom. The predicted molar refractivity (Wildman–Crippen MR) is 89.3 cm³/mol. The first-order valence-corrected chi connectivity index (χ1v) is 7.69. The van der Waals surface area contributed by atoms with Crippen LogP contribution in [0.25, 0.3) is 0 Å². The van der Waals surface area contributed by atoms with Crippen molar-refractivity contribution in [1.82, 2.24) is 0 Å². The second-order valence-electron chi connectivity index (χ2n) is 4.33. The number of halogens is 3. The average Bonchev–Trinajstić information content (AvgIpc) is 2.45. The highest BCUT2D eigenvalue weighted by Gasteiger charge is 2.16. The quantitative estimate of drug-likeness (QED) is 0.785. The summed E-state index contributed by atoms with van der Waals surface area (Å²) >= 11 is 15.2. The number of hydrogen-bond donors (Lipinski definition) is 1. The molecule has 0 aliphatic carbocycles. The van der Waals surface area contributed by atoms with Crippen molar-refractivity contribution in [2.45, 2.75) is 13.0 Å². The van der Waals surface area contributed by atoms with Crippen LogP contribution in [0.5, 0.6) is 5.75 Å². The summed E-state index contributed by atoms with van der Waals surface area (Å²) in [6.45, 7) is 1.66. The van der Waals surface area contributed by atoms with Gasteiger partial charge in [0.05, 0.1) is 10.7 Å². The molecular weight excluding hydrogens is 377 g/mol. The van der Waals surface area contributed by atoms with Crippen molar-refractivity contribution in [3.63, 3.8) is 0 Å². The van der Waals surface area contributed by atoms with E-state index in [0.29, 0.717) is 21.5 Å². The van der Waals surface area contributed by atoms with Crippen LogP contribution in [0.15, 0.2) is 46.9 Å². The zero-order valence-electron chi connectivity index (χ0n) is 11.1. The zero-order chi connectivity index (χ0) is 15.4. The molecule has 0 spiro atoms. The largest absolute Gasteiger partial charge is 0.481 e. The molecule has 1 unspecified atom stereocenters. The molecule has 6 heteroatoms. The molecule has 110 valence electrons. The Hall–Kier alpha value is -1.23.